The maximum Gasteiger partial charge on any atom is 0.317 e. The smallest absolute Gasteiger partial charge is 0.317 e. The average Bonchev–Trinajstić information content (AvgIpc) is 3.61. The lowest BCUT2D eigenvalue weighted by molar-refractivity contribution is -0.202. The highest BCUT2D eigenvalue weighted by Crippen LogP contribution is 2.68. The van der Waals surface area contributed by atoms with Gasteiger partial charge >= 0.3 is 17.9 Å². The minimum absolute atomic E-state index is 0.00185. The molecular weight excluding hydrogens is 797 g/mol. The van der Waals surface area contributed by atoms with Crippen molar-refractivity contribution in [1.82, 2.24) is 20.0 Å². The number of azide groups is 1. The first kappa shape index (κ1) is 47.6. The van der Waals surface area contributed by atoms with Crippen LogP contribution in [0.4, 0.5) is 5.69 Å². The summed E-state index contributed by atoms with van der Waals surface area (Å²) < 4.78 is 0. The molecule has 6 rings (SSSR count). The molecule has 0 radical (unpaired) electrons. The topological polar surface area (TPSA) is 252 Å². The summed E-state index contributed by atoms with van der Waals surface area (Å²) in [6.07, 6.45) is 6.48. The van der Waals surface area contributed by atoms with Gasteiger partial charge in [-0.3, -0.25) is 33.9 Å². The second kappa shape index (κ2) is 20.8. The van der Waals surface area contributed by atoms with Crippen LogP contribution in [0.1, 0.15) is 84.1 Å². The zero-order valence-corrected chi connectivity index (χ0v) is 36.8. The van der Waals surface area contributed by atoms with Crippen LogP contribution in [0, 0.1) is 46.3 Å². The number of amides is 1. The molecule has 0 bridgehead atoms. The van der Waals surface area contributed by atoms with E-state index in [1.54, 1.807) is 9.80 Å². The Kier molecular flexibility index (Phi) is 16.0. The van der Waals surface area contributed by atoms with Gasteiger partial charge in [0, 0.05) is 74.9 Å². The Morgan fingerprint density at radius 1 is 0.855 bits per heavy atom. The first-order valence-electron chi connectivity index (χ1n) is 22.8. The number of rotatable bonds is 17. The third-order valence-corrected chi connectivity index (χ3v) is 16.2. The van der Waals surface area contributed by atoms with E-state index >= 15 is 0 Å². The fraction of sp³-hybridized carbons (Fsp3) is 0.778. The maximum atomic E-state index is 13.3. The van der Waals surface area contributed by atoms with Crippen LogP contribution in [0.3, 0.4) is 0 Å². The minimum atomic E-state index is -0.990. The van der Waals surface area contributed by atoms with Gasteiger partial charge in [-0.2, -0.15) is 0 Å². The molecule has 1 aromatic rings. The van der Waals surface area contributed by atoms with Crippen LogP contribution in [-0.4, -0.2) is 154 Å². The monoisotopic (exact) mass is 867 g/mol. The third-order valence-electron chi connectivity index (χ3n) is 16.2. The highest BCUT2D eigenvalue weighted by Gasteiger charge is 2.65. The van der Waals surface area contributed by atoms with Crippen molar-refractivity contribution in [2.24, 2.45) is 51.5 Å². The lowest BCUT2D eigenvalue weighted by Gasteiger charge is -2.63. The Labute approximate surface area is 365 Å². The highest BCUT2D eigenvalue weighted by atomic mass is 16.4. The van der Waals surface area contributed by atoms with Gasteiger partial charge < -0.3 is 36.2 Å². The number of fused-ring (bicyclic) bond motifs is 5. The number of anilines is 1. The summed E-state index contributed by atoms with van der Waals surface area (Å²) in [5, 5.41) is 62.3. The van der Waals surface area contributed by atoms with E-state index in [9.17, 15) is 44.7 Å². The molecule has 344 valence electrons. The van der Waals surface area contributed by atoms with Crippen molar-refractivity contribution in [3.8, 4) is 0 Å². The molecule has 0 spiro atoms. The van der Waals surface area contributed by atoms with Crippen molar-refractivity contribution < 1.29 is 44.7 Å². The summed E-state index contributed by atoms with van der Waals surface area (Å²) in [7, 11) is 0. The first-order valence-corrected chi connectivity index (χ1v) is 22.8. The molecule has 4 saturated carbocycles. The molecule has 5 fully saturated rings. The predicted molar refractivity (Wildman–Crippen MR) is 232 cm³/mol. The Morgan fingerprint density at radius 2 is 1.48 bits per heavy atom. The molecule has 7 N–H and O–H groups in total. The SMILES string of the molecule is CC(CCC(=O)Nc1ccc(CC(CN2CCN(CC(=O)O)CCN(CC(=O)O)CC2)NCC(=O)O)cc1)[C@H]1CCC2C3C(C[C@H](O)[C@@]21C)[C@@]1(C)CC[C@@H](N=[N+]=[N-])C[C@H]1C[C@H]3O. The van der Waals surface area contributed by atoms with Crippen LogP contribution in [0.2, 0.25) is 0 Å². The van der Waals surface area contributed by atoms with E-state index in [0.717, 1.165) is 37.7 Å². The van der Waals surface area contributed by atoms with Crippen LogP contribution in [0.5, 0.6) is 0 Å². The van der Waals surface area contributed by atoms with E-state index in [2.05, 4.69) is 46.3 Å². The molecule has 12 atom stereocenters. The maximum absolute atomic E-state index is 13.3. The molecule has 4 aliphatic carbocycles. The minimum Gasteiger partial charge on any atom is -0.480 e. The summed E-state index contributed by atoms with van der Waals surface area (Å²) in [5.41, 5.74) is 10.3. The van der Waals surface area contributed by atoms with Gasteiger partial charge in [-0.05, 0) is 127 Å². The Hall–Kier alpha value is -3.83. The van der Waals surface area contributed by atoms with Gasteiger partial charge in [0.2, 0.25) is 5.91 Å². The summed E-state index contributed by atoms with van der Waals surface area (Å²) >= 11 is 0. The second-order valence-corrected chi connectivity index (χ2v) is 19.8. The number of carboxylic acids is 3. The number of carbonyl (C=O) groups excluding carboxylic acids is 1. The Balaban J connectivity index is 1.02. The van der Waals surface area contributed by atoms with Crippen molar-refractivity contribution >= 4 is 29.5 Å². The second-order valence-electron chi connectivity index (χ2n) is 19.8. The fourth-order valence-corrected chi connectivity index (χ4v) is 12.9. The summed E-state index contributed by atoms with van der Waals surface area (Å²) in [6.45, 7) is 9.58. The number of hydrogen-bond acceptors (Lipinski definition) is 11. The zero-order chi connectivity index (χ0) is 44.8. The van der Waals surface area contributed by atoms with E-state index in [-0.39, 0.29) is 84.0 Å². The summed E-state index contributed by atoms with van der Waals surface area (Å²) in [6, 6.07) is 7.23. The lowest BCUT2D eigenvalue weighted by atomic mass is 9.43. The van der Waals surface area contributed by atoms with Crippen molar-refractivity contribution in [3.05, 3.63) is 40.3 Å². The number of nitrogens with one attached hydrogen (secondary N) is 2. The standard InChI is InChI=1S/C45H70N8O9/c1-28(34-9-10-35-43-36(23-38(55)45(34,35)3)44(2)13-12-32(49-50-46)21-30(44)22-37(43)54)4-11-39(56)48-31-7-5-29(6-8-31)20-33(47-24-40(57)58)25-51-14-16-52(26-41(59)60)18-19-53(17-15-51)27-42(61)62/h5-8,28,30,32-38,43,47,54-55H,4,9-27H2,1-3H3,(H,48,56)(H,57,58)(H,59,60)(H,61,62)/t28?,30-,32+,33?,34+,35?,36?,37+,38-,43?,44-,45+/m0/s1. The van der Waals surface area contributed by atoms with Crippen LogP contribution < -0.4 is 10.6 Å². The molecule has 5 unspecified atom stereocenters. The normalized spacial score (nSPS) is 34.1. The number of benzene rings is 1. The number of aliphatic carboxylic acids is 3. The molecule has 1 aromatic carbocycles. The van der Waals surface area contributed by atoms with E-state index in [1.807, 2.05) is 24.3 Å². The average molecular weight is 867 g/mol. The fourth-order valence-electron chi connectivity index (χ4n) is 12.9. The number of carbonyl (C=O) groups is 4. The molecule has 17 heteroatoms. The molecule has 1 saturated heterocycles. The van der Waals surface area contributed by atoms with E-state index in [1.165, 1.54) is 0 Å². The third kappa shape index (κ3) is 11.3. The van der Waals surface area contributed by atoms with Gasteiger partial charge in [-0.25, -0.2) is 0 Å². The number of aliphatic hydroxyl groups excluding tert-OH is 2. The number of hydrogen-bond donors (Lipinski definition) is 7. The molecule has 1 amide bonds. The zero-order valence-electron chi connectivity index (χ0n) is 36.8. The predicted octanol–water partition coefficient (Wildman–Crippen LogP) is 3.99. The highest BCUT2D eigenvalue weighted by molar-refractivity contribution is 5.90. The number of carboxylic acid groups (broad SMARTS) is 3. The van der Waals surface area contributed by atoms with Crippen LogP contribution in [-0.2, 0) is 25.6 Å². The molecule has 62 heavy (non-hydrogen) atoms. The molecule has 1 heterocycles. The van der Waals surface area contributed by atoms with E-state index in [4.69, 9.17) is 5.53 Å². The van der Waals surface area contributed by atoms with Gasteiger partial charge in [-0.1, -0.05) is 38.0 Å². The van der Waals surface area contributed by atoms with Crippen molar-refractivity contribution in [1.29, 1.82) is 0 Å². The van der Waals surface area contributed by atoms with Gasteiger partial charge in [-0.15, -0.1) is 0 Å². The summed E-state index contributed by atoms with van der Waals surface area (Å²) in [4.78, 5) is 56.7. The Bertz CT molecular complexity index is 1750. The Morgan fingerprint density at radius 3 is 2.08 bits per heavy atom. The van der Waals surface area contributed by atoms with Gasteiger partial charge in [0.05, 0.1) is 31.8 Å². The van der Waals surface area contributed by atoms with Crippen molar-refractivity contribution in [2.75, 3.05) is 70.8 Å². The molecular formula is C45H70N8O9. The van der Waals surface area contributed by atoms with Crippen LogP contribution >= 0.6 is 0 Å². The number of nitrogens with zero attached hydrogens (tertiary/aromatic N) is 6. The first-order chi connectivity index (χ1) is 29.5. The lowest BCUT2D eigenvalue weighted by Crippen LogP contribution is -2.62. The number of aliphatic hydroxyl groups is 2. The molecule has 1 aliphatic heterocycles. The van der Waals surface area contributed by atoms with Gasteiger partial charge in [0.25, 0.3) is 0 Å². The van der Waals surface area contributed by atoms with Crippen LogP contribution in [0.25, 0.3) is 10.4 Å². The summed E-state index contributed by atoms with van der Waals surface area (Å²) in [5.74, 6) is -1.73. The molecule has 5 aliphatic rings. The van der Waals surface area contributed by atoms with Gasteiger partial charge in [0.15, 0.2) is 0 Å². The van der Waals surface area contributed by atoms with Crippen molar-refractivity contribution in [2.45, 2.75) is 109 Å². The van der Waals surface area contributed by atoms with E-state index < -0.39 is 30.1 Å². The largest absolute Gasteiger partial charge is 0.480 e. The molecule has 0 aromatic heterocycles. The van der Waals surface area contributed by atoms with Gasteiger partial charge in [0.1, 0.15) is 0 Å². The van der Waals surface area contributed by atoms with Crippen molar-refractivity contribution in [3.63, 3.8) is 0 Å². The quantitative estimate of drug-likeness (QED) is 0.0666. The van der Waals surface area contributed by atoms with E-state index in [0.29, 0.717) is 83.6 Å². The molecule has 17 nitrogen and oxygen atoms in total. The van der Waals surface area contributed by atoms with Crippen LogP contribution in [0.15, 0.2) is 29.4 Å².